The summed E-state index contributed by atoms with van der Waals surface area (Å²) in [4.78, 5) is 20.3. The fourth-order valence-electron chi connectivity index (χ4n) is 4.90. The summed E-state index contributed by atoms with van der Waals surface area (Å²) in [6.45, 7) is 8.56. The first-order valence-corrected chi connectivity index (χ1v) is 11.4. The minimum Gasteiger partial charge on any atom is -0.361 e. The SMILES string of the molecule is CC1(C)CC(Nc2ncnc(NN(c3ccccc3)c3ccccc3)c2[N+](=O)[O-])CC(C)(C)N1. The molecule has 0 spiro atoms. The van der Waals surface area contributed by atoms with Gasteiger partial charge in [-0.25, -0.2) is 9.97 Å². The van der Waals surface area contributed by atoms with Gasteiger partial charge in [0, 0.05) is 17.1 Å². The van der Waals surface area contributed by atoms with Gasteiger partial charge in [-0.2, -0.15) is 0 Å². The maximum absolute atomic E-state index is 12.2. The quantitative estimate of drug-likeness (QED) is 0.322. The monoisotopic (exact) mass is 461 g/mol. The van der Waals surface area contributed by atoms with Gasteiger partial charge < -0.3 is 10.6 Å². The molecule has 1 saturated heterocycles. The van der Waals surface area contributed by atoms with Crippen LogP contribution in [0, 0.1) is 10.1 Å². The highest BCUT2D eigenvalue weighted by Crippen LogP contribution is 2.36. The Labute approximate surface area is 199 Å². The van der Waals surface area contributed by atoms with Crippen molar-refractivity contribution in [3.63, 3.8) is 0 Å². The van der Waals surface area contributed by atoms with Crippen molar-refractivity contribution in [1.29, 1.82) is 0 Å². The average molecular weight is 462 g/mol. The zero-order chi connectivity index (χ0) is 24.3. The molecule has 9 heteroatoms. The minimum absolute atomic E-state index is 0.0204. The highest BCUT2D eigenvalue weighted by atomic mass is 16.6. The molecule has 0 atom stereocenters. The number of hydrogen-bond donors (Lipinski definition) is 3. The van der Waals surface area contributed by atoms with Crippen LogP contribution in [0.15, 0.2) is 67.0 Å². The van der Waals surface area contributed by atoms with Gasteiger partial charge in [-0.05, 0) is 64.8 Å². The smallest absolute Gasteiger partial charge is 0.354 e. The van der Waals surface area contributed by atoms with Crippen molar-refractivity contribution in [3.8, 4) is 0 Å². The van der Waals surface area contributed by atoms with Gasteiger partial charge in [0.2, 0.25) is 11.6 Å². The van der Waals surface area contributed by atoms with Gasteiger partial charge in [0.25, 0.3) is 0 Å². The lowest BCUT2D eigenvalue weighted by atomic mass is 9.79. The van der Waals surface area contributed by atoms with Crippen LogP contribution in [0.25, 0.3) is 0 Å². The van der Waals surface area contributed by atoms with E-state index in [1.165, 1.54) is 6.33 Å². The molecule has 1 aliphatic heterocycles. The first-order chi connectivity index (χ1) is 16.1. The zero-order valence-corrected chi connectivity index (χ0v) is 19.9. The molecular weight excluding hydrogens is 430 g/mol. The van der Waals surface area contributed by atoms with Gasteiger partial charge in [0.1, 0.15) is 6.33 Å². The van der Waals surface area contributed by atoms with Crippen LogP contribution in [-0.2, 0) is 0 Å². The van der Waals surface area contributed by atoms with Crippen LogP contribution in [-0.4, -0.2) is 32.0 Å². The Hall–Kier alpha value is -3.72. The number of aromatic nitrogens is 2. The molecule has 2 heterocycles. The highest BCUT2D eigenvalue weighted by molar-refractivity contribution is 5.75. The Kier molecular flexibility index (Phi) is 6.39. The molecule has 3 N–H and O–H groups in total. The first kappa shape index (κ1) is 23.4. The molecule has 1 aromatic heterocycles. The summed E-state index contributed by atoms with van der Waals surface area (Å²) in [7, 11) is 0. The van der Waals surface area contributed by atoms with E-state index in [4.69, 9.17) is 0 Å². The molecule has 4 rings (SSSR count). The Morgan fingerprint density at radius 2 is 1.41 bits per heavy atom. The third-order valence-electron chi connectivity index (χ3n) is 5.78. The van der Waals surface area contributed by atoms with E-state index in [1.807, 2.05) is 60.7 Å². The summed E-state index contributed by atoms with van der Waals surface area (Å²) in [5, 5.41) is 21.0. The fraction of sp³-hybridized carbons (Fsp3) is 0.360. The molecule has 0 unspecified atom stereocenters. The molecule has 1 fully saturated rings. The predicted molar refractivity (Wildman–Crippen MR) is 135 cm³/mol. The van der Waals surface area contributed by atoms with Gasteiger partial charge in [0.05, 0.1) is 16.3 Å². The van der Waals surface area contributed by atoms with Crippen molar-refractivity contribution in [2.24, 2.45) is 0 Å². The van der Waals surface area contributed by atoms with Gasteiger partial charge >= 0.3 is 5.69 Å². The number of rotatable bonds is 7. The largest absolute Gasteiger partial charge is 0.361 e. The van der Waals surface area contributed by atoms with Gasteiger partial charge in [-0.15, -0.1) is 0 Å². The van der Waals surface area contributed by atoms with E-state index in [2.05, 4.69) is 53.7 Å². The second-order valence-electron chi connectivity index (χ2n) is 9.94. The molecule has 9 nitrogen and oxygen atoms in total. The summed E-state index contributed by atoms with van der Waals surface area (Å²) in [6, 6.07) is 19.2. The first-order valence-electron chi connectivity index (χ1n) is 11.4. The highest BCUT2D eigenvalue weighted by Gasteiger charge is 2.39. The number of benzene rings is 2. The van der Waals surface area contributed by atoms with Crippen LogP contribution in [0.1, 0.15) is 40.5 Å². The molecule has 0 saturated carbocycles. The second kappa shape index (κ2) is 9.26. The molecular formula is C25H31N7O2. The number of nitrogens with zero attached hydrogens (tertiary/aromatic N) is 4. The molecule has 3 aromatic rings. The standard InChI is InChI=1S/C25H31N7O2/c1-24(2)15-18(16-25(3,4)30-24)28-22-21(32(33)34)23(27-17-26-22)29-31(19-11-7-5-8-12-19)20-13-9-6-10-14-20/h5-14,17-18,30H,15-16H2,1-4H3,(H2,26,27,28,29). The molecule has 2 aromatic carbocycles. The topological polar surface area (TPSA) is 108 Å². The number of hydrogen-bond acceptors (Lipinski definition) is 8. The van der Waals surface area contributed by atoms with Crippen molar-refractivity contribution in [2.75, 3.05) is 15.8 Å². The normalized spacial score (nSPS) is 17.1. The van der Waals surface area contributed by atoms with Crippen LogP contribution in [0.5, 0.6) is 0 Å². The number of para-hydroxylation sites is 2. The molecule has 0 amide bonds. The third-order valence-corrected chi connectivity index (χ3v) is 5.78. The summed E-state index contributed by atoms with van der Waals surface area (Å²) in [6.07, 6.45) is 2.96. The predicted octanol–water partition coefficient (Wildman–Crippen LogP) is 5.27. The van der Waals surface area contributed by atoms with E-state index in [0.717, 1.165) is 24.2 Å². The Morgan fingerprint density at radius 1 is 0.912 bits per heavy atom. The van der Waals surface area contributed by atoms with Crippen molar-refractivity contribution in [1.82, 2.24) is 15.3 Å². The molecule has 0 radical (unpaired) electrons. The lowest BCUT2D eigenvalue weighted by Gasteiger charge is -2.46. The number of anilines is 4. The maximum atomic E-state index is 12.2. The van der Waals surface area contributed by atoms with E-state index in [0.29, 0.717) is 0 Å². The number of piperidine rings is 1. The van der Waals surface area contributed by atoms with Crippen LogP contribution in [0.4, 0.5) is 28.7 Å². The number of nitro groups is 1. The lowest BCUT2D eigenvalue weighted by Crippen LogP contribution is -2.60. The third kappa shape index (κ3) is 5.43. The molecule has 34 heavy (non-hydrogen) atoms. The fourth-order valence-corrected chi connectivity index (χ4v) is 4.90. The lowest BCUT2D eigenvalue weighted by molar-refractivity contribution is -0.383. The van der Waals surface area contributed by atoms with E-state index in [9.17, 15) is 10.1 Å². The van der Waals surface area contributed by atoms with Crippen LogP contribution < -0.4 is 21.1 Å². The summed E-state index contributed by atoms with van der Waals surface area (Å²) < 4.78 is 0. The van der Waals surface area contributed by atoms with Crippen LogP contribution in [0.2, 0.25) is 0 Å². The summed E-state index contributed by atoms with van der Waals surface area (Å²) >= 11 is 0. The minimum atomic E-state index is -0.434. The summed E-state index contributed by atoms with van der Waals surface area (Å²) in [5.74, 6) is 0.324. The second-order valence-corrected chi connectivity index (χ2v) is 9.94. The van der Waals surface area contributed by atoms with E-state index in [-0.39, 0.29) is 34.4 Å². The van der Waals surface area contributed by atoms with Crippen LogP contribution in [0.3, 0.4) is 0 Å². The van der Waals surface area contributed by atoms with Crippen molar-refractivity contribution < 1.29 is 4.92 Å². The number of hydrazine groups is 1. The van der Waals surface area contributed by atoms with Crippen LogP contribution >= 0.6 is 0 Å². The molecule has 0 bridgehead atoms. The van der Waals surface area contributed by atoms with Crippen molar-refractivity contribution in [2.45, 2.75) is 57.7 Å². The van der Waals surface area contributed by atoms with Gasteiger partial charge in [0.15, 0.2) is 0 Å². The van der Waals surface area contributed by atoms with Gasteiger partial charge in [-0.1, -0.05) is 36.4 Å². The maximum Gasteiger partial charge on any atom is 0.354 e. The van der Waals surface area contributed by atoms with Crippen molar-refractivity contribution in [3.05, 3.63) is 77.1 Å². The zero-order valence-electron chi connectivity index (χ0n) is 19.9. The van der Waals surface area contributed by atoms with Crippen molar-refractivity contribution >= 4 is 28.7 Å². The Morgan fingerprint density at radius 3 is 1.91 bits per heavy atom. The summed E-state index contributed by atoms with van der Waals surface area (Å²) in [5.41, 5.74) is 4.39. The molecule has 1 aliphatic rings. The molecule has 0 aliphatic carbocycles. The average Bonchev–Trinajstić information content (AvgIpc) is 2.76. The Balaban J connectivity index is 1.69. The Bertz CT molecular complexity index is 1080. The van der Waals surface area contributed by atoms with Gasteiger partial charge in [-0.3, -0.25) is 20.5 Å². The number of nitrogens with one attached hydrogen (secondary N) is 3. The molecule has 178 valence electrons. The van der Waals surface area contributed by atoms with E-state index >= 15 is 0 Å². The van der Waals surface area contributed by atoms with E-state index in [1.54, 1.807) is 5.01 Å². The van der Waals surface area contributed by atoms with E-state index < -0.39 is 4.92 Å².